The number of aromatic nitrogens is 1. The molecule has 1 amide bonds. The summed E-state index contributed by atoms with van der Waals surface area (Å²) >= 11 is 16.8. The molecule has 1 heterocycles. The first kappa shape index (κ1) is 27.3. The van der Waals surface area contributed by atoms with E-state index in [1.165, 1.54) is 6.21 Å². The lowest BCUT2D eigenvalue weighted by atomic mass is 10.0. The monoisotopic (exact) mass is 727 g/mol. The Kier molecular flexibility index (Phi) is 8.32. The number of benzene rings is 4. The molecule has 1 aromatic heterocycles. The lowest BCUT2D eigenvalue weighted by Crippen LogP contribution is -2.19. The molecule has 0 fully saturated rings. The molecule has 0 atom stereocenters. The molecule has 0 saturated heterocycles. The van der Waals surface area contributed by atoms with E-state index in [4.69, 9.17) is 16.3 Å². The number of amides is 1. The van der Waals surface area contributed by atoms with Gasteiger partial charge in [-0.25, -0.2) is 10.2 Å². The Hall–Kier alpha value is -3.24. The van der Waals surface area contributed by atoms with Crippen molar-refractivity contribution in [3.8, 4) is 16.9 Å². The van der Waals surface area contributed by atoms with Gasteiger partial charge in [0.15, 0.2) is 0 Å². The van der Waals surface area contributed by atoms with E-state index in [0.29, 0.717) is 33.0 Å². The summed E-state index contributed by atoms with van der Waals surface area (Å²) < 4.78 is 8.08. The summed E-state index contributed by atoms with van der Waals surface area (Å²) in [7, 11) is 0. The normalized spacial score (nSPS) is 11.2. The molecule has 2 N–H and O–H groups in total. The lowest BCUT2D eigenvalue weighted by Gasteiger charge is -2.09. The number of carbonyl (C=O) groups is 2. The van der Waals surface area contributed by atoms with Gasteiger partial charge in [-0.15, -0.1) is 0 Å². The Morgan fingerprint density at radius 3 is 2.33 bits per heavy atom. The third-order valence-electron chi connectivity index (χ3n) is 5.76. The zero-order valence-electron chi connectivity index (χ0n) is 19.8. The van der Waals surface area contributed by atoms with Crippen LogP contribution in [0.3, 0.4) is 0 Å². The molecule has 0 aliphatic heterocycles. The summed E-state index contributed by atoms with van der Waals surface area (Å²) in [5.74, 6) is -0.689. The highest BCUT2D eigenvalue weighted by molar-refractivity contribution is 9.11. The van der Waals surface area contributed by atoms with Crippen molar-refractivity contribution < 1.29 is 14.3 Å². The number of hydrazone groups is 1. The maximum Gasteiger partial charge on any atom is 0.343 e. The third-order valence-corrected chi connectivity index (χ3v) is 7.60. The number of carbonyl (C=O) groups excluding carboxylic acids is 2. The molecule has 0 unspecified atom stereocenters. The van der Waals surface area contributed by atoms with Crippen molar-refractivity contribution in [1.29, 1.82) is 0 Å². The largest absolute Gasteiger partial charge is 0.422 e. The van der Waals surface area contributed by atoms with Crippen molar-refractivity contribution in [3.63, 3.8) is 0 Å². The second-order valence-electron chi connectivity index (χ2n) is 8.32. The zero-order chi connectivity index (χ0) is 27.5. The summed E-state index contributed by atoms with van der Waals surface area (Å²) in [6.07, 6.45) is 1.42. The van der Waals surface area contributed by atoms with E-state index in [1.807, 2.05) is 36.4 Å². The predicted octanol–water partition coefficient (Wildman–Crippen LogP) is 8.76. The fraction of sp³-hybridized carbons (Fsp3) is 0. The van der Waals surface area contributed by atoms with Crippen molar-refractivity contribution in [2.45, 2.75) is 0 Å². The lowest BCUT2D eigenvalue weighted by molar-refractivity contribution is 0.0734. The van der Waals surface area contributed by atoms with Gasteiger partial charge in [-0.3, -0.25) is 4.79 Å². The van der Waals surface area contributed by atoms with E-state index < -0.39 is 11.9 Å². The average Bonchev–Trinajstić information content (AvgIpc) is 3.29. The van der Waals surface area contributed by atoms with Crippen LogP contribution in [0.25, 0.3) is 22.0 Å². The minimum Gasteiger partial charge on any atom is -0.422 e. The number of aromatic amines is 1. The number of hydrogen-bond acceptors (Lipinski definition) is 4. The Labute approximate surface area is 253 Å². The van der Waals surface area contributed by atoms with Gasteiger partial charge in [0, 0.05) is 46.0 Å². The number of halogens is 4. The van der Waals surface area contributed by atoms with Crippen LogP contribution in [0.1, 0.15) is 26.4 Å². The second-order valence-corrected chi connectivity index (χ2v) is 11.5. The maximum absolute atomic E-state index is 13.3. The third kappa shape index (κ3) is 6.17. The Morgan fingerprint density at radius 1 is 0.872 bits per heavy atom. The van der Waals surface area contributed by atoms with Crippen molar-refractivity contribution >= 4 is 88.4 Å². The first-order valence-electron chi connectivity index (χ1n) is 11.5. The van der Waals surface area contributed by atoms with Gasteiger partial charge in [0.25, 0.3) is 5.91 Å². The van der Waals surface area contributed by atoms with Crippen LogP contribution in [0, 0.1) is 0 Å². The number of H-pyrrole nitrogens is 1. The van der Waals surface area contributed by atoms with Crippen molar-refractivity contribution in [2.24, 2.45) is 5.10 Å². The molecule has 194 valence electrons. The maximum atomic E-state index is 13.3. The van der Waals surface area contributed by atoms with Crippen LogP contribution in [-0.4, -0.2) is 23.1 Å². The molecule has 0 radical (unpaired) electrons. The topological polar surface area (TPSA) is 83.5 Å². The second kappa shape index (κ2) is 11.9. The molecule has 0 aliphatic rings. The Morgan fingerprint density at radius 2 is 1.56 bits per heavy atom. The SMILES string of the molecule is O=C(Oc1ccc(Br)cc1C=NNC(=O)c1[nH]c2ccc(Br)cc2c1-c1ccccc1Cl)c1ccc(Br)cc1. The number of rotatable bonds is 6. The molecule has 0 saturated carbocycles. The number of hydrogen-bond donors (Lipinski definition) is 2. The summed E-state index contributed by atoms with van der Waals surface area (Å²) in [5, 5.41) is 5.50. The summed E-state index contributed by atoms with van der Waals surface area (Å²) in [5.41, 5.74) is 5.92. The molecule has 4 aromatic carbocycles. The van der Waals surface area contributed by atoms with E-state index in [1.54, 1.807) is 48.5 Å². The van der Waals surface area contributed by atoms with Crippen molar-refractivity contribution in [1.82, 2.24) is 10.4 Å². The predicted molar refractivity (Wildman–Crippen MR) is 165 cm³/mol. The first-order valence-corrected chi connectivity index (χ1v) is 14.2. The molecular formula is C29H17Br3ClN3O3. The quantitative estimate of drug-likeness (QED) is 0.0794. The number of ether oxygens (including phenoxy) is 1. The zero-order valence-corrected chi connectivity index (χ0v) is 25.4. The van der Waals surface area contributed by atoms with Crippen LogP contribution in [0.4, 0.5) is 0 Å². The number of esters is 1. The molecule has 6 nitrogen and oxygen atoms in total. The van der Waals surface area contributed by atoms with Crippen LogP contribution in [0.15, 0.2) is 103 Å². The van der Waals surface area contributed by atoms with Gasteiger partial charge in [-0.1, -0.05) is 77.6 Å². The fourth-order valence-corrected chi connectivity index (χ4v) is 5.19. The van der Waals surface area contributed by atoms with Crippen molar-refractivity contribution in [3.05, 3.63) is 120 Å². The van der Waals surface area contributed by atoms with E-state index >= 15 is 0 Å². The van der Waals surface area contributed by atoms with E-state index in [2.05, 4.69) is 63.3 Å². The minimum absolute atomic E-state index is 0.288. The molecule has 0 spiro atoms. The van der Waals surface area contributed by atoms with Crippen molar-refractivity contribution in [2.75, 3.05) is 0 Å². The molecule has 5 aromatic rings. The van der Waals surface area contributed by atoms with Gasteiger partial charge in [0.2, 0.25) is 0 Å². The van der Waals surface area contributed by atoms with E-state index in [9.17, 15) is 9.59 Å². The van der Waals surface area contributed by atoms with Crippen LogP contribution in [0.2, 0.25) is 5.02 Å². The highest BCUT2D eigenvalue weighted by atomic mass is 79.9. The molecule has 5 rings (SSSR count). The van der Waals surface area contributed by atoms with Gasteiger partial charge in [0.1, 0.15) is 11.4 Å². The fourth-order valence-electron chi connectivity index (χ4n) is 3.95. The van der Waals surface area contributed by atoms with Gasteiger partial charge in [-0.05, 0) is 66.7 Å². The Balaban J connectivity index is 1.43. The standard InChI is InChI=1S/C29H17Br3ClN3O3/c30-18-7-5-16(6-8-18)29(38)39-25-12-10-19(31)13-17(25)15-34-36-28(37)27-26(21-3-1-2-4-23(21)33)22-14-20(32)9-11-24(22)35-27/h1-15,35H,(H,36,37). The smallest absolute Gasteiger partial charge is 0.343 e. The van der Waals surface area contributed by atoms with E-state index in [0.717, 1.165) is 24.3 Å². The van der Waals surface area contributed by atoms with Gasteiger partial charge < -0.3 is 9.72 Å². The highest BCUT2D eigenvalue weighted by Gasteiger charge is 2.21. The molecule has 0 aliphatic carbocycles. The average molecular weight is 731 g/mol. The van der Waals surface area contributed by atoms with Crippen LogP contribution >= 0.6 is 59.4 Å². The number of nitrogens with zero attached hydrogens (tertiary/aromatic N) is 1. The highest BCUT2D eigenvalue weighted by Crippen LogP contribution is 2.37. The number of fused-ring (bicyclic) bond motifs is 1. The van der Waals surface area contributed by atoms with Gasteiger partial charge in [0.05, 0.1) is 11.8 Å². The summed E-state index contributed by atoms with van der Waals surface area (Å²) in [4.78, 5) is 29.2. The summed E-state index contributed by atoms with van der Waals surface area (Å²) in [6.45, 7) is 0. The summed E-state index contributed by atoms with van der Waals surface area (Å²) in [6, 6.07) is 25.0. The molecule has 10 heteroatoms. The number of nitrogens with one attached hydrogen (secondary N) is 2. The minimum atomic E-state index is -0.517. The van der Waals surface area contributed by atoms with Gasteiger partial charge in [-0.2, -0.15) is 5.10 Å². The molecule has 0 bridgehead atoms. The van der Waals surface area contributed by atoms with Crippen LogP contribution < -0.4 is 10.2 Å². The Bertz CT molecular complexity index is 1750. The van der Waals surface area contributed by atoms with E-state index in [-0.39, 0.29) is 5.75 Å². The first-order chi connectivity index (χ1) is 18.8. The molecule has 39 heavy (non-hydrogen) atoms. The van der Waals surface area contributed by atoms with Crippen LogP contribution in [-0.2, 0) is 0 Å². The van der Waals surface area contributed by atoms with Crippen LogP contribution in [0.5, 0.6) is 5.75 Å². The van der Waals surface area contributed by atoms with Gasteiger partial charge >= 0.3 is 5.97 Å². The molecular weight excluding hydrogens is 714 g/mol.